The fourth-order valence-electron chi connectivity index (χ4n) is 1.89. The Morgan fingerprint density at radius 2 is 1.94 bits per heavy atom. The summed E-state index contributed by atoms with van der Waals surface area (Å²) in [5.41, 5.74) is 3.62. The van der Waals surface area contributed by atoms with Gasteiger partial charge >= 0.3 is 5.97 Å². The molecule has 18 heavy (non-hydrogen) atoms. The zero-order valence-corrected chi connectivity index (χ0v) is 10.9. The van der Waals surface area contributed by atoms with Crippen LogP contribution in [0.5, 0.6) is 5.75 Å². The molecule has 0 radical (unpaired) electrons. The predicted octanol–water partition coefficient (Wildman–Crippen LogP) is 2.85. The number of nitrogens with zero attached hydrogens (tertiary/aromatic N) is 1. The molecule has 0 saturated carbocycles. The van der Waals surface area contributed by atoms with Crippen LogP contribution in [0.2, 0.25) is 0 Å². The Morgan fingerprint density at radius 1 is 1.28 bits per heavy atom. The molecule has 0 fully saturated rings. The number of rotatable bonds is 3. The molecule has 0 unspecified atom stereocenters. The molecular weight excluding hydrogens is 226 g/mol. The maximum atomic E-state index is 10.9. The third-order valence-corrected chi connectivity index (χ3v) is 2.85. The molecular formula is C15H17NO2. The van der Waals surface area contributed by atoms with Gasteiger partial charge in [0, 0.05) is 38.3 Å². The van der Waals surface area contributed by atoms with Crippen molar-refractivity contribution in [3.63, 3.8) is 0 Å². The molecule has 0 amide bonds. The van der Waals surface area contributed by atoms with Crippen molar-refractivity contribution in [2.24, 2.45) is 7.05 Å². The summed E-state index contributed by atoms with van der Waals surface area (Å²) in [6.07, 6.45) is 2.66. The van der Waals surface area contributed by atoms with Gasteiger partial charge < -0.3 is 9.30 Å². The van der Waals surface area contributed by atoms with Gasteiger partial charge in [0.05, 0.1) is 0 Å². The number of aryl methyl sites for hydroxylation is 2. The molecule has 1 aromatic carbocycles. The fourth-order valence-corrected chi connectivity index (χ4v) is 1.89. The van der Waals surface area contributed by atoms with Crippen LogP contribution in [-0.2, 0) is 18.3 Å². The molecule has 0 atom stereocenters. The van der Waals surface area contributed by atoms with Crippen LogP contribution in [0.4, 0.5) is 0 Å². The van der Waals surface area contributed by atoms with Crippen molar-refractivity contribution < 1.29 is 9.53 Å². The maximum Gasteiger partial charge on any atom is 0.308 e. The van der Waals surface area contributed by atoms with Gasteiger partial charge in [0.15, 0.2) is 0 Å². The van der Waals surface area contributed by atoms with E-state index in [9.17, 15) is 4.79 Å². The molecule has 0 bridgehead atoms. The summed E-state index contributed by atoms with van der Waals surface area (Å²) in [4.78, 5) is 10.9. The lowest BCUT2D eigenvalue weighted by molar-refractivity contribution is -0.131. The minimum absolute atomic E-state index is 0.289. The summed E-state index contributed by atoms with van der Waals surface area (Å²) in [6, 6.07) is 10.3. The van der Waals surface area contributed by atoms with Crippen LogP contribution >= 0.6 is 0 Å². The molecule has 2 rings (SSSR count). The third kappa shape index (κ3) is 3.00. The zero-order chi connectivity index (χ0) is 13.1. The first-order valence-electron chi connectivity index (χ1n) is 5.94. The SMILES string of the molecule is CC(=O)Oc1cc(Cc2ccc(C)cc2)n(C)c1. The highest BCUT2D eigenvalue weighted by atomic mass is 16.5. The predicted molar refractivity (Wildman–Crippen MR) is 70.7 cm³/mol. The van der Waals surface area contributed by atoms with E-state index in [1.807, 2.05) is 23.9 Å². The molecule has 1 heterocycles. The molecule has 0 aliphatic rings. The second-order valence-electron chi connectivity index (χ2n) is 4.53. The summed E-state index contributed by atoms with van der Waals surface area (Å²) in [7, 11) is 1.95. The highest BCUT2D eigenvalue weighted by Crippen LogP contribution is 2.18. The van der Waals surface area contributed by atoms with Gasteiger partial charge in [0.25, 0.3) is 0 Å². The molecule has 0 saturated heterocycles. The lowest BCUT2D eigenvalue weighted by Crippen LogP contribution is -1.99. The number of hydrogen-bond acceptors (Lipinski definition) is 2. The van der Waals surface area contributed by atoms with Crippen molar-refractivity contribution >= 4 is 5.97 Å². The van der Waals surface area contributed by atoms with Crippen molar-refractivity contribution in [2.45, 2.75) is 20.3 Å². The van der Waals surface area contributed by atoms with Gasteiger partial charge in [-0.3, -0.25) is 4.79 Å². The zero-order valence-electron chi connectivity index (χ0n) is 10.9. The molecule has 2 aromatic rings. The first-order valence-corrected chi connectivity index (χ1v) is 5.94. The summed E-state index contributed by atoms with van der Waals surface area (Å²) in [5, 5.41) is 0. The van der Waals surface area contributed by atoms with Crippen molar-refractivity contribution in [1.82, 2.24) is 4.57 Å². The average molecular weight is 243 g/mol. The Balaban J connectivity index is 2.16. The van der Waals surface area contributed by atoms with Crippen molar-refractivity contribution in [3.05, 3.63) is 53.3 Å². The first-order chi connectivity index (χ1) is 8.54. The second kappa shape index (κ2) is 5.08. The van der Waals surface area contributed by atoms with Crippen molar-refractivity contribution in [3.8, 4) is 5.75 Å². The normalized spacial score (nSPS) is 10.4. The highest BCUT2D eigenvalue weighted by molar-refractivity contribution is 5.69. The Labute approximate surface area is 107 Å². The summed E-state index contributed by atoms with van der Waals surface area (Å²) >= 11 is 0. The Kier molecular flexibility index (Phi) is 3.51. The van der Waals surface area contributed by atoms with Crippen molar-refractivity contribution in [2.75, 3.05) is 0 Å². The van der Waals surface area contributed by atoms with Gasteiger partial charge in [0.1, 0.15) is 5.75 Å². The molecule has 3 nitrogen and oxygen atoms in total. The van der Waals surface area contributed by atoms with Crippen LogP contribution in [0.15, 0.2) is 36.5 Å². The smallest absolute Gasteiger partial charge is 0.308 e. The molecule has 0 aliphatic carbocycles. The van der Waals surface area contributed by atoms with E-state index >= 15 is 0 Å². The van der Waals surface area contributed by atoms with E-state index in [2.05, 4.69) is 31.2 Å². The fraction of sp³-hybridized carbons (Fsp3) is 0.267. The summed E-state index contributed by atoms with van der Waals surface area (Å²) in [5.74, 6) is 0.314. The largest absolute Gasteiger partial charge is 0.425 e. The van der Waals surface area contributed by atoms with Crippen molar-refractivity contribution in [1.29, 1.82) is 0 Å². The van der Waals surface area contributed by atoms with E-state index in [0.717, 1.165) is 12.1 Å². The van der Waals surface area contributed by atoms with Gasteiger partial charge in [-0.05, 0) is 12.5 Å². The van der Waals surface area contributed by atoms with Crippen LogP contribution < -0.4 is 4.74 Å². The van der Waals surface area contributed by atoms with E-state index < -0.39 is 0 Å². The van der Waals surface area contributed by atoms with E-state index in [-0.39, 0.29) is 5.97 Å². The molecule has 94 valence electrons. The van der Waals surface area contributed by atoms with E-state index in [1.54, 1.807) is 0 Å². The van der Waals surface area contributed by atoms with E-state index in [0.29, 0.717) is 5.75 Å². The third-order valence-electron chi connectivity index (χ3n) is 2.85. The standard InChI is InChI=1S/C15H17NO2/c1-11-4-6-13(7-5-11)8-14-9-15(10-16(14)3)18-12(2)17/h4-7,9-10H,8H2,1-3H3. The van der Waals surface area contributed by atoms with Crippen LogP contribution in [0.25, 0.3) is 0 Å². The quantitative estimate of drug-likeness (QED) is 0.776. The minimum atomic E-state index is -0.289. The number of benzene rings is 1. The van der Waals surface area contributed by atoms with Gasteiger partial charge in [0.2, 0.25) is 0 Å². The summed E-state index contributed by atoms with van der Waals surface area (Å²) in [6.45, 7) is 3.48. The van der Waals surface area contributed by atoms with Crippen LogP contribution in [0.1, 0.15) is 23.7 Å². The van der Waals surface area contributed by atoms with E-state index in [1.165, 1.54) is 18.1 Å². The Bertz CT molecular complexity index is 552. The second-order valence-corrected chi connectivity index (χ2v) is 4.53. The average Bonchev–Trinajstić information content (AvgIpc) is 2.61. The number of carbonyl (C=O) groups excluding carboxylic acids is 1. The molecule has 0 aliphatic heterocycles. The lowest BCUT2D eigenvalue weighted by Gasteiger charge is -2.03. The van der Waals surface area contributed by atoms with Gasteiger partial charge in [-0.25, -0.2) is 0 Å². The van der Waals surface area contributed by atoms with Crippen LogP contribution in [-0.4, -0.2) is 10.5 Å². The Morgan fingerprint density at radius 3 is 2.56 bits per heavy atom. The number of carbonyl (C=O) groups is 1. The number of esters is 1. The molecule has 0 N–H and O–H groups in total. The minimum Gasteiger partial charge on any atom is -0.425 e. The topological polar surface area (TPSA) is 31.2 Å². The van der Waals surface area contributed by atoms with Gasteiger partial charge in [-0.1, -0.05) is 29.8 Å². The van der Waals surface area contributed by atoms with Gasteiger partial charge in [-0.2, -0.15) is 0 Å². The summed E-state index contributed by atoms with van der Waals surface area (Å²) < 4.78 is 7.06. The van der Waals surface area contributed by atoms with Crippen LogP contribution in [0.3, 0.4) is 0 Å². The van der Waals surface area contributed by atoms with E-state index in [4.69, 9.17) is 4.74 Å². The molecule has 1 aromatic heterocycles. The van der Waals surface area contributed by atoms with Gasteiger partial charge in [-0.15, -0.1) is 0 Å². The Hall–Kier alpha value is -2.03. The number of ether oxygens (including phenoxy) is 1. The number of aromatic nitrogens is 1. The lowest BCUT2D eigenvalue weighted by atomic mass is 10.1. The maximum absolute atomic E-state index is 10.9. The van der Waals surface area contributed by atoms with Crippen LogP contribution in [0, 0.1) is 6.92 Å². The number of hydrogen-bond donors (Lipinski definition) is 0. The first kappa shape index (κ1) is 12.4. The molecule has 3 heteroatoms. The monoisotopic (exact) mass is 243 g/mol. The molecule has 0 spiro atoms. The highest BCUT2D eigenvalue weighted by Gasteiger charge is 2.06.